The van der Waals surface area contributed by atoms with Crippen molar-refractivity contribution in [1.29, 1.82) is 0 Å². The highest BCUT2D eigenvalue weighted by atomic mass is 16.6. The van der Waals surface area contributed by atoms with Gasteiger partial charge in [-0.2, -0.15) is 0 Å². The average Bonchev–Trinajstić information content (AvgIpc) is 2.41. The van der Waals surface area contributed by atoms with Gasteiger partial charge in [-0.25, -0.2) is 0 Å². The molecule has 0 radical (unpaired) electrons. The molecule has 118 valence electrons. The lowest BCUT2D eigenvalue weighted by molar-refractivity contribution is -0.385. The Labute approximate surface area is 125 Å². The Hall–Kier alpha value is -1.82. The van der Waals surface area contributed by atoms with Crippen molar-refractivity contribution >= 4 is 11.4 Å². The Morgan fingerprint density at radius 3 is 2.71 bits per heavy atom. The van der Waals surface area contributed by atoms with Crippen LogP contribution >= 0.6 is 0 Å². The highest BCUT2D eigenvalue weighted by Gasteiger charge is 2.21. The van der Waals surface area contributed by atoms with Crippen molar-refractivity contribution in [2.75, 3.05) is 25.1 Å². The smallest absolute Gasteiger partial charge is 0.333 e. The van der Waals surface area contributed by atoms with Gasteiger partial charge in [0.05, 0.1) is 11.0 Å². The summed E-state index contributed by atoms with van der Waals surface area (Å²) in [4.78, 5) is 10.8. The number of nitrogens with zero attached hydrogens (tertiary/aromatic N) is 1. The maximum Gasteiger partial charge on any atom is 0.333 e. The van der Waals surface area contributed by atoms with Crippen LogP contribution in [-0.2, 0) is 4.74 Å². The van der Waals surface area contributed by atoms with Crippen molar-refractivity contribution in [1.82, 2.24) is 0 Å². The van der Waals surface area contributed by atoms with Crippen LogP contribution in [0.25, 0.3) is 0 Å². The number of para-hydroxylation sites is 1. The first kappa shape index (κ1) is 17.2. The lowest BCUT2D eigenvalue weighted by atomic mass is 10.2. The lowest BCUT2D eigenvalue weighted by Gasteiger charge is -2.13. The predicted octanol–water partition coefficient (Wildman–Crippen LogP) is 3.61. The second-order valence-corrected chi connectivity index (χ2v) is 4.97. The number of benzene rings is 1. The van der Waals surface area contributed by atoms with E-state index in [-0.39, 0.29) is 11.8 Å². The molecular formula is C15H24N2O4. The molecule has 0 aliphatic rings. The second kappa shape index (κ2) is 9.18. The van der Waals surface area contributed by atoms with Crippen LogP contribution < -0.4 is 10.1 Å². The summed E-state index contributed by atoms with van der Waals surface area (Å²) in [5, 5.41) is 14.3. The Bertz CT molecular complexity index is 449. The van der Waals surface area contributed by atoms with Gasteiger partial charge in [-0.05, 0) is 38.8 Å². The molecule has 0 fully saturated rings. The minimum atomic E-state index is -0.409. The summed E-state index contributed by atoms with van der Waals surface area (Å²) in [5.74, 6) is 0.294. The molecule has 1 rings (SSSR count). The monoisotopic (exact) mass is 296 g/mol. The van der Waals surface area contributed by atoms with E-state index in [0.717, 1.165) is 19.4 Å². The van der Waals surface area contributed by atoms with E-state index in [0.29, 0.717) is 24.6 Å². The maximum absolute atomic E-state index is 11.3. The molecule has 0 amide bonds. The van der Waals surface area contributed by atoms with Crippen LogP contribution in [0.1, 0.15) is 33.6 Å². The first-order valence-corrected chi connectivity index (χ1v) is 7.32. The fourth-order valence-corrected chi connectivity index (χ4v) is 1.85. The molecule has 0 aromatic heterocycles. The number of anilines is 1. The fraction of sp³-hybridized carbons (Fsp3) is 0.600. The minimum absolute atomic E-state index is 0.0133. The number of ether oxygens (including phenoxy) is 2. The Morgan fingerprint density at radius 1 is 1.33 bits per heavy atom. The van der Waals surface area contributed by atoms with E-state index >= 15 is 0 Å². The first-order chi connectivity index (χ1) is 10.1. The van der Waals surface area contributed by atoms with E-state index in [2.05, 4.69) is 12.2 Å². The van der Waals surface area contributed by atoms with Crippen LogP contribution in [0, 0.1) is 10.1 Å². The topological polar surface area (TPSA) is 73.6 Å². The van der Waals surface area contributed by atoms with Crippen molar-refractivity contribution in [3.05, 3.63) is 28.3 Å². The molecule has 0 aliphatic carbocycles. The Morgan fingerprint density at radius 2 is 2.10 bits per heavy atom. The fourth-order valence-electron chi connectivity index (χ4n) is 1.85. The highest BCUT2D eigenvalue weighted by molar-refractivity contribution is 5.68. The van der Waals surface area contributed by atoms with E-state index in [9.17, 15) is 10.1 Å². The van der Waals surface area contributed by atoms with Crippen LogP contribution in [0.15, 0.2) is 18.2 Å². The summed E-state index contributed by atoms with van der Waals surface area (Å²) >= 11 is 0. The van der Waals surface area contributed by atoms with Crippen LogP contribution in [-0.4, -0.2) is 30.8 Å². The molecule has 0 heterocycles. The largest absolute Gasteiger partial charge is 0.484 e. The molecule has 0 aliphatic heterocycles. The highest BCUT2D eigenvalue weighted by Crippen LogP contribution is 2.35. The number of hydrogen-bond acceptors (Lipinski definition) is 5. The van der Waals surface area contributed by atoms with Crippen LogP contribution in [0.5, 0.6) is 5.75 Å². The minimum Gasteiger partial charge on any atom is -0.484 e. The summed E-state index contributed by atoms with van der Waals surface area (Å²) in [7, 11) is 0. The molecule has 1 aromatic rings. The normalized spacial score (nSPS) is 10.7. The summed E-state index contributed by atoms with van der Waals surface area (Å²) in [5.41, 5.74) is 0.467. The molecule has 0 bridgehead atoms. The molecule has 0 atom stereocenters. The van der Waals surface area contributed by atoms with Gasteiger partial charge < -0.3 is 14.8 Å². The SMILES string of the molecule is CCCOCCCNc1cccc(OC(C)C)c1[N+](=O)[O-]. The van der Waals surface area contributed by atoms with Crippen LogP contribution in [0.4, 0.5) is 11.4 Å². The van der Waals surface area contributed by atoms with Crippen molar-refractivity contribution in [3.8, 4) is 5.75 Å². The van der Waals surface area contributed by atoms with E-state index in [1.807, 2.05) is 13.8 Å². The van der Waals surface area contributed by atoms with E-state index in [1.54, 1.807) is 18.2 Å². The third-order valence-corrected chi connectivity index (χ3v) is 2.67. The molecule has 21 heavy (non-hydrogen) atoms. The summed E-state index contributed by atoms with van der Waals surface area (Å²) in [6, 6.07) is 5.06. The van der Waals surface area contributed by atoms with E-state index < -0.39 is 4.92 Å². The third kappa shape index (κ3) is 5.99. The van der Waals surface area contributed by atoms with Crippen molar-refractivity contribution in [2.45, 2.75) is 39.7 Å². The maximum atomic E-state index is 11.3. The first-order valence-electron chi connectivity index (χ1n) is 7.32. The summed E-state index contributed by atoms with van der Waals surface area (Å²) in [6.07, 6.45) is 1.68. The van der Waals surface area contributed by atoms with Gasteiger partial charge in [-0.3, -0.25) is 10.1 Å². The number of nitrogens with one attached hydrogen (secondary N) is 1. The van der Waals surface area contributed by atoms with Crippen LogP contribution in [0.2, 0.25) is 0 Å². The zero-order chi connectivity index (χ0) is 15.7. The molecule has 0 unspecified atom stereocenters. The van der Waals surface area contributed by atoms with Gasteiger partial charge in [0, 0.05) is 19.8 Å². The number of nitro benzene ring substituents is 1. The van der Waals surface area contributed by atoms with Crippen LogP contribution in [0.3, 0.4) is 0 Å². The zero-order valence-corrected chi connectivity index (χ0v) is 12.9. The van der Waals surface area contributed by atoms with E-state index in [1.165, 1.54) is 0 Å². The number of hydrogen-bond donors (Lipinski definition) is 1. The summed E-state index contributed by atoms with van der Waals surface area (Å²) in [6.45, 7) is 7.76. The van der Waals surface area contributed by atoms with Gasteiger partial charge in [0.25, 0.3) is 0 Å². The number of nitro groups is 1. The third-order valence-electron chi connectivity index (χ3n) is 2.67. The molecular weight excluding hydrogens is 272 g/mol. The molecule has 1 N–H and O–H groups in total. The quantitative estimate of drug-likeness (QED) is 0.405. The molecule has 6 heteroatoms. The predicted molar refractivity (Wildman–Crippen MR) is 83.1 cm³/mol. The second-order valence-electron chi connectivity index (χ2n) is 4.97. The molecule has 0 saturated carbocycles. The molecule has 6 nitrogen and oxygen atoms in total. The van der Waals surface area contributed by atoms with Crippen molar-refractivity contribution in [3.63, 3.8) is 0 Å². The molecule has 0 spiro atoms. The van der Waals surface area contributed by atoms with Gasteiger partial charge in [-0.15, -0.1) is 0 Å². The van der Waals surface area contributed by atoms with E-state index in [4.69, 9.17) is 9.47 Å². The molecule has 0 saturated heterocycles. The van der Waals surface area contributed by atoms with Gasteiger partial charge in [0.15, 0.2) is 5.75 Å². The Kier molecular flexibility index (Phi) is 7.53. The van der Waals surface area contributed by atoms with Crippen molar-refractivity contribution in [2.24, 2.45) is 0 Å². The standard InChI is InChI=1S/C15H24N2O4/c1-4-10-20-11-6-9-16-13-7-5-8-14(21-12(2)3)15(13)17(18)19/h5,7-8,12,16H,4,6,9-11H2,1-3H3. The Balaban J connectivity index is 2.66. The van der Waals surface area contributed by atoms with Crippen molar-refractivity contribution < 1.29 is 14.4 Å². The van der Waals surface area contributed by atoms with Gasteiger partial charge in [-0.1, -0.05) is 13.0 Å². The summed E-state index contributed by atoms with van der Waals surface area (Å²) < 4.78 is 10.9. The van der Waals surface area contributed by atoms with Gasteiger partial charge in [0.1, 0.15) is 5.69 Å². The zero-order valence-electron chi connectivity index (χ0n) is 12.9. The lowest BCUT2D eigenvalue weighted by Crippen LogP contribution is -2.11. The number of rotatable bonds is 10. The molecule has 1 aromatic carbocycles. The average molecular weight is 296 g/mol. The van der Waals surface area contributed by atoms with Gasteiger partial charge >= 0.3 is 5.69 Å². The van der Waals surface area contributed by atoms with Gasteiger partial charge in [0.2, 0.25) is 0 Å².